The first-order chi connectivity index (χ1) is 8.50. The molecule has 1 heterocycles. The molecule has 0 aliphatic rings. The molecule has 98 valence electrons. The molecule has 0 unspecified atom stereocenters. The minimum absolute atomic E-state index is 0.0692. The summed E-state index contributed by atoms with van der Waals surface area (Å²) < 4.78 is 0. The Morgan fingerprint density at radius 1 is 1.44 bits per heavy atom. The van der Waals surface area contributed by atoms with E-state index in [-0.39, 0.29) is 22.9 Å². The SMILES string of the molecule is O=C(O)CCCCNC(=O)c1csc([N+](=O)[O-])c1. The Balaban J connectivity index is 2.32. The summed E-state index contributed by atoms with van der Waals surface area (Å²) >= 11 is 0.896. The summed E-state index contributed by atoms with van der Waals surface area (Å²) in [5.74, 6) is -1.25. The van der Waals surface area contributed by atoms with Crippen molar-refractivity contribution in [3.63, 3.8) is 0 Å². The monoisotopic (exact) mass is 272 g/mol. The quantitative estimate of drug-likeness (QED) is 0.445. The van der Waals surface area contributed by atoms with E-state index in [1.165, 1.54) is 11.4 Å². The average Bonchev–Trinajstić information content (AvgIpc) is 2.77. The van der Waals surface area contributed by atoms with E-state index in [4.69, 9.17) is 5.11 Å². The zero-order valence-corrected chi connectivity index (χ0v) is 10.2. The Kier molecular flexibility index (Phi) is 5.25. The van der Waals surface area contributed by atoms with Gasteiger partial charge in [-0.05, 0) is 12.8 Å². The normalized spacial score (nSPS) is 10.0. The van der Waals surface area contributed by atoms with Crippen LogP contribution in [0.3, 0.4) is 0 Å². The highest BCUT2D eigenvalue weighted by Gasteiger charge is 2.14. The van der Waals surface area contributed by atoms with Crippen LogP contribution in [0, 0.1) is 10.1 Å². The molecule has 18 heavy (non-hydrogen) atoms. The van der Waals surface area contributed by atoms with Crippen molar-refractivity contribution in [1.82, 2.24) is 5.32 Å². The average molecular weight is 272 g/mol. The van der Waals surface area contributed by atoms with Gasteiger partial charge in [0.1, 0.15) is 0 Å². The topological polar surface area (TPSA) is 110 Å². The van der Waals surface area contributed by atoms with Crippen molar-refractivity contribution < 1.29 is 19.6 Å². The number of nitrogens with zero attached hydrogens (tertiary/aromatic N) is 1. The molecule has 0 bridgehead atoms. The van der Waals surface area contributed by atoms with E-state index >= 15 is 0 Å². The maximum atomic E-state index is 11.5. The summed E-state index contributed by atoms with van der Waals surface area (Å²) in [5, 5.41) is 22.8. The summed E-state index contributed by atoms with van der Waals surface area (Å²) in [6, 6.07) is 1.22. The number of aliphatic carboxylic acids is 1. The Morgan fingerprint density at radius 3 is 2.72 bits per heavy atom. The van der Waals surface area contributed by atoms with Gasteiger partial charge in [-0.15, -0.1) is 0 Å². The molecule has 0 atom stereocenters. The molecule has 7 nitrogen and oxygen atoms in total. The van der Waals surface area contributed by atoms with Crippen LogP contribution in [0.2, 0.25) is 0 Å². The Bertz CT molecular complexity index is 457. The smallest absolute Gasteiger partial charge is 0.324 e. The summed E-state index contributed by atoms with van der Waals surface area (Å²) in [6.45, 7) is 0.357. The van der Waals surface area contributed by atoms with E-state index in [0.29, 0.717) is 19.4 Å². The molecule has 0 aliphatic carbocycles. The number of thiophene rings is 1. The molecular weight excluding hydrogens is 260 g/mol. The summed E-state index contributed by atoms with van der Waals surface area (Å²) in [4.78, 5) is 31.7. The predicted octanol–water partition coefficient (Wildman–Crippen LogP) is 1.64. The van der Waals surface area contributed by atoms with Gasteiger partial charge < -0.3 is 10.4 Å². The summed E-state index contributed by atoms with van der Waals surface area (Å²) in [6.07, 6.45) is 1.11. The van der Waals surface area contributed by atoms with Crippen molar-refractivity contribution in [2.45, 2.75) is 19.3 Å². The van der Waals surface area contributed by atoms with Gasteiger partial charge in [-0.25, -0.2) is 0 Å². The van der Waals surface area contributed by atoms with E-state index in [1.54, 1.807) is 0 Å². The molecule has 0 spiro atoms. The second kappa shape index (κ2) is 6.70. The van der Waals surface area contributed by atoms with Crippen LogP contribution >= 0.6 is 11.3 Å². The van der Waals surface area contributed by atoms with Crippen molar-refractivity contribution in [1.29, 1.82) is 0 Å². The number of amides is 1. The van der Waals surface area contributed by atoms with Gasteiger partial charge in [-0.2, -0.15) is 0 Å². The number of carbonyl (C=O) groups excluding carboxylic acids is 1. The molecular formula is C10H12N2O5S. The third-order valence-electron chi connectivity index (χ3n) is 2.13. The minimum Gasteiger partial charge on any atom is -0.481 e. The van der Waals surface area contributed by atoms with Crippen LogP contribution in [0.1, 0.15) is 29.6 Å². The van der Waals surface area contributed by atoms with Gasteiger partial charge in [0.25, 0.3) is 5.91 Å². The lowest BCUT2D eigenvalue weighted by Crippen LogP contribution is -2.24. The number of carbonyl (C=O) groups is 2. The number of hydrogen-bond acceptors (Lipinski definition) is 5. The first-order valence-electron chi connectivity index (χ1n) is 5.23. The van der Waals surface area contributed by atoms with Crippen molar-refractivity contribution in [2.24, 2.45) is 0 Å². The second-order valence-corrected chi connectivity index (χ2v) is 4.43. The van der Waals surface area contributed by atoms with Crippen molar-refractivity contribution in [3.05, 3.63) is 27.1 Å². The molecule has 0 fully saturated rings. The zero-order valence-electron chi connectivity index (χ0n) is 9.42. The molecule has 0 saturated carbocycles. The van der Waals surface area contributed by atoms with Gasteiger partial charge in [0.2, 0.25) is 0 Å². The van der Waals surface area contributed by atoms with Gasteiger partial charge >= 0.3 is 11.0 Å². The van der Waals surface area contributed by atoms with Gasteiger partial charge in [-0.1, -0.05) is 11.3 Å². The first-order valence-corrected chi connectivity index (χ1v) is 6.11. The highest BCUT2D eigenvalue weighted by Crippen LogP contribution is 2.22. The lowest BCUT2D eigenvalue weighted by molar-refractivity contribution is -0.380. The first kappa shape index (κ1) is 14.1. The van der Waals surface area contributed by atoms with Crippen LogP contribution in [0.4, 0.5) is 5.00 Å². The fourth-order valence-electron chi connectivity index (χ4n) is 1.24. The number of carboxylic acids is 1. The van der Waals surface area contributed by atoms with E-state index in [0.717, 1.165) is 11.3 Å². The van der Waals surface area contributed by atoms with Gasteiger partial charge in [0, 0.05) is 24.4 Å². The number of nitrogens with one attached hydrogen (secondary N) is 1. The molecule has 0 aromatic carbocycles. The van der Waals surface area contributed by atoms with Gasteiger partial charge in [-0.3, -0.25) is 19.7 Å². The molecule has 1 aromatic rings. The summed E-state index contributed by atoms with van der Waals surface area (Å²) in [5.41, 5.74) is 0.255. The van der Waals surface area contributed by atoms with Crippen LogP contribution in [0.15, 0.2) is 11.4 Å². The molecule has 0 aliphatic heterocycles. The number of nitro groups is 1. The van der Waals surface area contributed by atoms with E-state index < -0.39 is 10.9 Å². The number of hydrogen-bond donors (Lipinski definition) is 2. The van der Waals surface area contributed by atoms with E-state index in [2.05, 4.69) is 5.32 Å². The Hall–Kier alpha value is -1.96. The van der Waals surface area contributed by atoms with E-state index in [1.807, 2.05) is 0 Å². The molecule has 1 rings (SSSR count). The Morgan fingerprint density at radius 2 is 2.17 bits per heavy atom. The maximum absolute atomic E-state index is 11.5. The molecule has 1 aromatic heterocycles. The number of unbranched alkanes of at least 4 members (excludes halogenated alkanes) is 1. The van der Waals surface area contributed by atoms with Crippen LogP contribution in [-0.4, -0.2) is 28.5 Å². The fraction of sp³-hybridized carbons (Fsp3) is 0.400. The Labute approximate surface area is 107 Å². The lowest BCUT2D eigenvalue weighted by Gasteiger charge is -2.02. The van der Waals surface area contributed by atoms with Crippen LogP contribution in [0.25, 0.3) is 0 Å². The minimum atomic E-state index is -0.866. The van der Waals surface area contributed by atoms with Gasteiger partial charge in [0.05, 0.1) is 10.5 Å². The molecule has 0 radical (unpaired) electrons. The standard InChI is InChI=1S/C10H12N2O5S/c13-9(14)3-1-2-4-11-10(15)7-5-8(12(16)17)18-6-7/h5-6H,1-4H2,(H,11,15)(H,13,14). The van der Waals surface area contributed by atoms with Crippen LogP contribution < -0.4 is 5.32 Å². The molecule has 0 saturated heterocycles. The van der Waals surface area contributed by atoms with Crippen LogP contribution in [-0.2, 0) is 4.79 Å². The van der Waals surface area contributed by atoms with Crippen molar-refractivity contribution >= 4 is 28.2 Å². The molecule has 8 heteroatoms. The van der Waals surface area contributed by atoms with E-state index in [9.17, 15) is 19.7 Å². The van der Waals surface area contributed by atoms with Crippen LogP contribution in [0.5, 0.6) is 0 Å². The zero-order chi connectivity index (χ0) is 13.5. The van der Waals surface area contributed by atoms with Crippen molar-refractivity contribution in [2.75, 3.05) is 6.54 Å². The second-order valence-electron chi connectivity index (χ2n) is 3.54. The summed E-state index contributed by atoms with van der Waals surface area (Å²) in [7, 11) is 0. The van der Waals surface area contributed by atoms with Gasteiger partial charge in [0.15, 0.2) is 0 Å². The van der Waals surface area contributed by atoms with Crippen molar-refractivity contribution in [3.8, 4) is 0 Å². The largest absolute Gasteiger partial charge is 0.481 e. The highest BCUT2D eigenvalue weighted by molar-refractivity contribution is 7.13. The predicted molar refractivity (Wildman–Crippen MR) is 64.8 cm³/mol. The molecule has 2 N–H and O–H groups in total. The fourth-order valence-corrected chi connectivity index (χ4v) is 1.95. The molecule has 1 amide bonds. The number of carboxylic acid groups (broad SMARTS) is 1. The number of rotatable bonds is 7. The third kappa shape index (κ3) is 4.50. The maximum Gasteiger partial charge on any atom is 0.324 e. The lowest BCUT2D eigenvalue weighted by atomic mass is 10.2. The third-order valence-corrected chi connectivity index (χ3v) is 3.01. The highest BCUT2D eigenvalue weighted by atomic mass is 32.1.